The van der Waals surface area contributed by atoms with Gasteiger partial charge in [-0.05, 0) is 25.0 Å². The lowest BCUT2D eigenvalue weighted by Crippen LogP contribution is -2.19. The standard InChI is InChI=1S/C12H15S/c1-2-4-11(5-3-1)13-9-10-6-7-12(13)8-10/h1-5,10,12H,6-9H2/q+1. The van der Waals surface area contributed by atoms with E-state index < -0.39 is 0 Å². The molecule has 0 aromatic heterocycles. The van der Waals surface area contributed by atoms with Gasteiger partial charge in [0, 0.05) is 23.2 Å². The van der Waals surface area contributed by atoms with Crippen LogP contribution in [-0.4, -0.2) is 11.0 Å². The Labute approximate surface area is 82.7 Å². The van der Waals surface area contributed by atoms with Crippen LogP contribution in [0.2, 0.25) is 0 Å². The van der Waals surface area contributed by atoms with Crippen LogP contribution >= 0.6 is 0 Å². The van der Waals surface area contributed by atoms with E-state index in [9.17, 15) is 0 Å². The summed E-state index contributed by atoms with van der Waals surface area (Å²) < 4.78 is 0. The second kappa shape index (κ2) is 3.06. The third-order valence-corrected chi connectivity index (χ3v) is 6.30. The number of hydrogen-bond donors (Lipinski definition) is 0. The molecule has 3 rings (SSSR count). The Balaban J connectivity index is 1.87. The molecular weight excluding hydrogens is 176 g/mol. The second-order valence-electron chi connectivity index (χ2n) is 4.21. The van der Waals surface area contributed by atoms with Crippen LogP contribution in [0, 0.1) is 5.92 Å². The zero-order chi connectivity index (χ0) is 8.67. The fourth-order valence-corrected chi connectivity index (χ4v) is 5.80. The zero-order valence-electron chi connectivity index (χ0n) is 7.78. The van der Waals surface area contributed by atoms with E-state index in [1.807, 2.05) is 0 Å². The van der Waals surface area contributed by atoms with Crippen molar-refractivity contribution >= 4 is 10.9 Å². The Morgan fingerprint density at radius 2 is 1.92 bits per heavy atom. The van der Waals surface area contributed by atoms with E-state index in [-0.39, 0.29) is 0 Å². The van der Waals surface area contributed by atoms with E-state index in [2.05, 4.69) is 30.3 Å². The van der Waals surface area contributed by atoms with Crippen LogP contribution in [0.3, 0.4) is 0 Å². The maximum atomic E-state index is 2.32. The minimum atomic E-state index is 0.621. The lowest BCUT2D eigenvalue weighted by atomic mass is 10.1. The number of hydrogen-bond acceptors (Lipinski definition) is 0. The molecule has 2 fully saturated rings. The molecule has 1 saturated heterocycles. The van der Waals surface area contributed by atoms with E-state index in [1.165, 1.54) is 25.0 Å². The highest BCUT2D eigenvalue weighted by Gasteiger charge is 2.48. The third kappa shape index (κ3) is 1.30. The van der Waals surface area contributed by atoms with Crippen LogP contribution in [-0.2, 0) is 10.9 Å². The van der Waals surface area contributed by atoms with E-state index >= 15 is 0 Å². The molecule has 0 nitrogen and oxygen atoms in total. The van der Waals surface area contributed by atoms with Gasteiger partial charge in [-0.25, -0.2) is 0 Å². The lowest BCUT2D eigenvalue weighted by Gasteiger charge is -2.12. The quantitative estimate of drug-likeness (QED) is 0.599. The first-order valence-corrected chi connectivity index (χ1v) is 6.64. The summed E-state index contributed by atoms with van der Waals surface area (Å²) in [6, 6.07) is 11.2. The van der Waals surface area contributed by atoms with Gasteiger partial charge in [0.05, 0.1) is 0 Å². The summed E-state index contributed by atoms with van der Waals surface area (Å²) in [5.74, 6) is 2.57. The second-order valence-corrected chi connectivity index (χ2v) is 6.54. The number of rotatable bonds is 1. The minimum Gasteiger partial charge on any atom is -0.0619 e. The number of fused-ring (bicyclic) bond motifs is 2. The molecule has 1 heterocycles. The van der Waals surface area contributed by atoms with Crippen molar-refractivity contribution in [3.05, 3.63) is 30.3 Å². The molecule has 1 aliphatic heterocycles. The van der Waals surface area contributed by atoms with Gasteiger partial charge in [-0.15, -0.1) is 0 Å². The summed E-state index contributed by atoms with van der Waals surface area (Å²) in [5, 5.41) is 1.05. The largest absolute Gasteiger partial charge is 0.155 e. The smallest absolute Gasteiger partial charge is 0.0619 e. The van der Waals surface area contributed by atoms with Crippen LogP contribution in [0.5, 0.6) is 0 Å². The normalized spacial score (nSPS) is 36.8. The summed E-state index contributed by atoms with van der Waals surface area (Å²) in [4.78, 5) is 1.62. The van der Waals surface area contributed by atoms with Crippen molar-refractivity contribution in [1.29, 1.82) is 0 Å². The lowest BCUT2D eigenvalue weighted by molar-refractivity contribution is 0.634. The Morgan fingerprint density at radius 3 is 2.54 bits per heavy atom. The van der Waals surface area contributed by atoms with Crippen molar-refractivity contribution in [1.82, 2.24) is 0 Å². The van der Waals surface area contributed by atoms with Gasteiger partial charge < -0.3 is 0 Å². The molecule has 1 aromatic rings. The van der Waals surface area contributed by atoms with Crippen LogP contribution in [0.1, 0.15) is 19.3 Å². The summed E-state index contributed by atoms with van der Waals surface area (Å²) in [5.41, 5.74) is 0. The molecule has 0 radical (unpaired) electrons. The highest BCUT2D eigenvalue weighted by atomic mass is 32.2. The van der Waals surface area contributed by atoms with Gasteiger partial charge in [0.25, 0.3) is 0 Å². The molecule has 13 heavy (non-hydrogen) atoms. The fraction of sp³-hybridized carbons (Fsp3) is 0.500. The Kier molecular flexibility index (Phi) is 1.86. The molecule has 3 atom stereocenters. The van der Waals surface area contributed by atoms with E-state index in [0.717, 1.165) is 11.2 Å². The molecule has 1 aliphatic carbocycles. The summed E-state index contributed by atoms with van der Waals surface area (Å²) in [7, 11) is 0.621. The highest BCUT2D eigenvalue weighted by molar-refractivity contribution is 7.97. The minimum absolute atomic E-state index is 0.621. The van der Waals surface area contributed by atoms with Gasteiger partial charge in [-0.2, -0.15) is 0 Å². The maximum absolute atomic E-state index is 2.32. The Bertz CT molecular complexity index is 293. The van der Waals surface area contributed by atoms with E-state index in [4.69, 9.17) is 0 Å². The summed E-state index contributed by atoms with van der Waals surface area (Å²) >= 11 is 0. The molecule has 0 amide bonds. The van der Waals surface area contributed by atoms with Crippen molar-refractivity contribution in [2.24, 2.45) is 5.92 Å². The first kappa shape index (κ1) is 7.93. The predicted octanol–water partition coefficient (Wildman–Crippen LogP) is 2.85. The Hall–Kier alpha value is -0.430. The van der Waals surface area contributed by atoms with Gasteiger partial charge >= 0.3 is 0 Å². The number of benzene rings is 1. The summed E-state index contributed by atoms with van der Waals surface area (Å²) in [6.07, 6.45) is 4.54. The van der Waals surface area contributed by atoms with Gasteiger partial charge in [-0.3, -0.25) is 0 Å². The molecule has 2 aliphatic rings. The van der Waals surface area contributed by atoms with Crippen molar-refractivity contribution in [3.8, 4) is 0 Å². The van der Waals surface area contributed by atoms with E-state index in [1.54, 1.807) is 4.90 Å². The molecule has 0 N–H and O–H groups in total. The molecule has 3 unspecified atom stereocenters. The fourth-order valence-electron chi connectivity index (χ4n) is 2.71. The molecule has 68 valence electrons. The first-order chi connectivity index (χ1) is 6.43. The van der Waals surface area contributed by atoms with Gasteiger partial charge in [0.1, 0.15) is 11.0 Å². The van der Waals surface area contributed by atoms with Crippen LogP contribution in [0.25, 0.3) is 0 Å². The van der Waals surface area contributed by atoms with Gasteiger partial charge in [0.2, 0.25) is 0 Å². The predicted molar refractivity (Wildman–Crippen MR) is 58.1 cm³/mol. The molecule has 1 saturated carbocycles. The Morgan fingerprint density at radius 1 is 1.08 bits per heavy atom. The average Bonchev–Trinajstić information content (AvgIpc) is 2.80. The van der Waals surface area contributed by atoms with E-state index in [0.29, 0.717) is 10.9 Å². The van der Waals surface area contributed by atoms with Gasteiger partial charge in [-0.1, -0.05) is 18.2 Å². The monoisotopic (exact) mass is 191 g/mol. The van der Waals surface area contributed by atoms with Crippen LogP contribution in [0.4, 0.5) is 0 Å². The summed E-state index contributed by atoms with van der Waals surface area (Å²) in [6.45, 7) is 0. The molecule has 1 heteroatoms. The zero-order valence-corrected chi connectivity index (χ0v) is 8.59. The van der Waals surface area contributed by atoms with Crippen LogP contribution in [0.15, 0.2) is 35.2 Å². The van der Waals surface area contributed by atoms with Gasteiger partial charge in [0.15, 0.2) is 4.90 Å². The van der Waals surface area contributed by atoms with Crippen molar-refractivity contribution in [2.75, 3.05) is 5.75 Å². The molecule has 2 bridgehead atoms. The topological polar surface area (TPSA) is 0 Å². The molecule has 0 spiro atoms. The SMILES string of the molecule is c1ccc([S+]2CC3CCC2C3)cc1. The average molecular weight is 191 g/mol. The van der Waals surface area contributed by atoms with Crippen LogP contribution < -0.4 is 0 Å². The molecular formula is C12H15S+. The maximum Gasteiger partial charge on any atom is 0.155 e. The highest BCUT2D eigenvalue weighted by Crippen LogP contribution is 2.43. The van der Waals surface area contributed by atoms with Crippen molar-refractivity contribution in [3.63, 3.8) is 0 Å². The van der Waals surface area contributed by atoms with Crippen molar-refractivity contribution < 1.29 is 0 Å². The first-order valence-electron chi connectivity index (χ1n) is 5.18. The third-order valence-electron chi connectivity index (χ3n) is 3.36. The van der Waals surface area contributed by atoms with Crippen molar-refractivity contribution in [2.45, 2.75) is 29.4 Å². The molecule has 1 aromatic carbocycles.